The molecule has 4 heteroatoms. The van der Waals surface area contributed by atoms with Crippen LogP contribution in [0.1, 0.15) is 27.0 Å². The summed E-state index contributed by atoms with van der Waals surface area (Å²) in [5.74, 6) is 7.34. The van der Waals surface area contributed by atoms with Crippen LogP contribution in [0.15, 0.2) is 72.9 Å². The van der Waals surface area contributed by atoms with Crippen LogP contribution in [0.4, 0.5) is 5.82 Å². The van der Waals surface area contributed by atoms with Gasteiger partial charge < -0.3 is 9.80 Å². The molecule has 0 radical (unpaired) electrons. The third-order valence-corrected chi connectivity index (χ3v) is 5.03. The lowest BCUT2D eigenvalue weighted by molar-refractivity contribution is 0.0746. The number of nitrogens with zero attached hydrogens (tertiary/aromatic N) is 3. The van der Waals surface area contributed by atoms with Crippen LogP contribution in [-0.4, -0.2) is 42.0 Å². The zero-order valence-electron chi connectivity index (χ0n) is 16.5. The second-order valence-electron chi connectivity index (χ2n) is 7.17. The summed E-state index contributed by atoms with van der Waals surface area (Å²) < 4.78 is 0. The highest BCUT2D eigenvalue weighted by Crippen LogP contribution is 2.16. The fraction of sp³-hybridized carbons (Fsp3) is 0.200. The van der Waals surface area contributed by atoms with Gasteiger partial charge in [0.1, 0.15) is 5.82 Å². The maximum atomic E-state index is 13.0. The van der Waals surface area contributed by atoms with Gasteiger partial charge in [-0.25, -0.2) is 4.98 Å². The molecule has 0 atom stereocenters. The SMILES string of the molecule is Cc1ccnc(N2CCN(C(=O)c3cccc(C#Cc4ccccc4)c3)CC2)c1. The predicted molar refractivity (Wildman–Crippen MR) is 116 cm³/mol. The Morgan fingerprint density at radius 1 is 0.862 bits per heavy atom. The van der Waals surface area contributed by atoms with Gasteiger partial charge in [-0.05, 0) is 55.0 Å². The van der Waals surface area contributed by atoms with Crippen molar-refractivity contribution in [1.29, 1.82) is 0 Å². The van der Waals surface area contributed by atoms with Crippen LogP contribution in [0.25, 0.3) is 0 Å². The van der Waals surface area contributed by atoms with E-state index in [4.69, 9.17) is 0 Å². The molecule has 0 aliphatic carbocycles. The molecule has 2 heterocycles. The predicted octanol–water partition coefficient (Wildman–Crippen LogP) is 3.75. The minimum Gasteiger partial charge on any atom is -0.353 e. The number of hydrogen-bond donors (Lipinski definition) is 0. The van der Waals surface area contributed by atoms with Crippen molar-refractivity contribution in [2.24, 2.45) is 0 Å². The number of amides is 1. The van der Waals surface area contributed by atoms with Gasteiger partial charge in [-0.2, -0.15) is 0 Å². The average Bonchev–Trinajstić information content (AvgIpc) is 2.78. The molecule has 0 bridgehead atoms. The van der Waals surface area contributed by atoms with Crippen LogP contribution in [0.3, 0.4) is 0 Å². The van der Waals surface area contributed by atoms with E-state index in [0.717, 1.165) is 30.0 Å². The number of benzene rings is 2. The highest BCUT2D eigenvalue weighted by Gasteiger charge is 2.23. The van der Waals surface area contributed by atoms with E-state index in [9.17, 15) is 4.79 Å². The minimum atomic E-state index is 0.0604. The Kier molecular flexibility index (Phi) is 5.58. The second-order valence-corrected chi connectivity index (χ2v) is 7.17. The van der Waals surface area contributed by atoms with E-state index in [1.807, 2.05) is 71.8 Å². The summed E-state index contributed by atoms with van der Waals surface area (Å²) in [5, 5.41) is 0. The topological polar surface area (TPSA) is 36.4 Å². The first-order valence-electron chi connectivity index (χ1n) is 9.83. The summed E-state index contributed by atoms with van der Waals surface area (Å²) in [6, 6.07) is 21.5. The molecule has 4 nitrogen and oxygen atoms in total. The summed E-state index contributed by atoms with van der Waals surface area (Å²) in [6.07, 6.45) is 1.84. The Morgan fingerprint density at radius 2 is 1.59 bits per heavy atom. The van der Waals surface area contributed by atoms with Crippen LogP contribution < -0.4 is 4.90 Å². The first-order chi connectivity index (χ1) is 14.2. The van der Waals surface area contributed by atoms with Crippen LogP contribution >= 0.6 is 0 Å². The van der Waals surface area contributed by atoms with Crippen LogP contribution in [-0.2, 0) is 0 Å². The molecule has 0 spiro atoms. The molecule has 1 aliphatic heterocycles. The highest BCUT2D eigenvalue weighted by atomic mass is 16.2. The van der Waals surface area contributed by atoms with Gasteiger partial charge in [-0.3, -0.25) is 4.79 Å². The molecule has 1 amide bonds. The maximum Gasteiger partial charge on any atom is 0.254 e. The van der Waals surface area contributed by atoms with E-state index in [0.29, 0.717) is 18.7 Å². The van der Waals surface area contributed by atoms with Gasteiger partial charge >= 0.3 is 0 Å². The van der Waals surface area contributed by atoms with E-state index in [-0.39, 0.29) is 5.91 Å². The van der Waals surface area contributed by atoms with Crippen molar-refractivity contribution in [2.75, 3.05) is 31.1 Å². The number of aromatic nitrogens is 1. The Balaban J connectivity index is 1.42. The van der Waals surface area contributed by atoms with Gasteiger partial charge in [-0.15, -0.1) is 0 Å². The van der Waals surface area contributed by atoms with Gasteiger partial charge in [-0.1, -0.05) is 36.1 Å². The molecular weight excluding hydrogens is 358 g/mol. The fourth-order valence-electron chi connectivity index (χ4n) is 3.41. The average molecular weight is 381 g/mol. The standard InChI is InChI=1S/C25H23N3O/c1-20-12-13-26-24(18-20)27-14-16-28(17-15-27)25(29)23-9-5-8-22(19-23)11-10-21-6-3-2-4-7-21/h2-9,12-13,18-19H,14-17H2,1H3. The largest absolute Gasteiger partial charge is 0.353 e. The summed E-state index contributed by atoms with van der Waals surface area (Å²) in [6.45, 7) is 5.02. The molecule has 3 aromatic rings. The van der Waals surface area contributed by atoms with Crippen LogP contribution in [0.5, 0.6) is 0 Å². The maximum absolute atomic E-state index is 13.0. The molecule has 4 rings (SSSR count). The van der Waals surface area contributed by atoms with E-state index < -0.39 is 0 Å². The normalized spacial score (nSPS) is 13.6. The zero-order chi connectivity index (χ0) is 20.1. The van der Waals surface area contributed by atoms with Crippen molar-refractivity contribution in [2.45, 2.75) is 6.92 Å². The third-order valence-electron chi connectivity index (χ3n) is 5.03. The number of aryl methyl sites for hydroxylation is 1. The Morgan fingerprint density at radius 3 is 2.34 bits per heavy atom. The van der Waals surface area contributed by atoms with Gasteiger partial charge in [0.15, 0.2) is 0 Å². The van der Waals surface area contributed by atoms with Crippen molar-refractivity contribution < 1.29 is 4.79 Å². The molecule has 144 valence electrons. The lowest BCUT2D eigenvalue weighted by Crippen LogP contribution is -2.49. The molecule has 1 saturated heterocycles. The molecule has 1 fully saturated rings. The smallest absolute Gasteiger partial charge is 0.254 e. The summed E-state index contributed by atoms with van der Waals surface area (Å²) in [5.41, 5.74) is 3.70. The van der Waals surface area contributed by atoms with Crippen molar-refractivity contribution in [3.63, 3.8) is 0 Å². The third kappa shape index (κ3) is 4.64. The second kappa shape index (κ2) is 8.62. The van der Waals surface area contributed by atoms with Crippen molar-refractivity contribution in [3.05, 3.63) is 95.2 Å². The molecule has 29 heavy (non-hydrogen) atoms. The van der Waals surface area contributed by atoms with Gasteiger partial charge in [0.05, 0.1) is 0 Å². The first kappa shape index (κ1) is 18.8. The highest BCUT2D eigenvalue weighted by molar-refractivity contribution is 5.94. The lowest BCUT2D eigenvalue weighted by Gasteiger charge is -2.35. The number of pyridine rings is 1. The van der Waals surface area contributed by atoms with Crippen molar-refractivity contribution in [1.82, 2.24) is 9.88 Å². The van der Waals surface area contributed by atoms with Gasteiger partial charge in [0, 0.05) is 49.1 Å². The van der Waals surface area contributed by atoms with Crippen molar-refractivity contribution >= 4 is 11.7 Å². The first-order valence-corrected chi connectivity index (χ1v) is 9.83. The number of anilines is 1. The summed E-state index contributed by atoms with van der Waals surface area (Å²) in [7, 11) is 0. The number of carbonyl (C=O) groups excluding carboxylic acids is 1. The number of piperazine rings is 1. The molecule has 0 N–H and O–H groups in total. The summed E-state index contributed by atoms with van der Waals surface area (Å²) >= 11 is 0. The number of rotatable bonds is 2. The van der Waals surface area contributed by atoms with E-state index >= 15 is 0 Å². The van der Waals surface area contributed by atoms with E-state index in [1.165, 1.54) is 5.56 Å². The van der Waals surface area contributed by atoms with Gasteiger partial charge in [0.25, 0.3) is 5.91 Å². The monoisotopic (exact) mass is 381 g/mol. The zero-order valence-corrected chi connectivity index (χ0v) is 16.5. The summed E-state index contributed by atoms with van der Waals surface area (Å²) in [4.78, 5) is 21.6. The van der Waals surface area contributed by atoms with Crippen LogP contribution in [0, 0.1) is 18.8 Å². The van der Waals surface area contributed by atoms with E-state index in [1.54, 1.807) is 0 Å². The molecule has 2 aromatic carbocycles. The van der Waals surface area contributed by atoms with Crippen LogP contribution in [0.2, 0.25) is 0 Å². The number of hydrogen-bond acceptors (Lipinski definition) is 3. The Hall–Kier alpha value is -3.58. The lowest BCUT2D eigenvalue weighted by atomic mass is 10.1. The molecule has 0 unspecified atom stereocenters. The molecule has 0 saturated carbocycles. The fourth-order valence-corrected chi connectivity index (χ4v) is 3.41. The minimum absolute atomic E-state index is 0.0604. The molecule has 1 aliphatic rings. The molecular formula is C25H23N3O. The van der Waals surface area contributed by atoms with E-state index in [2.05, 4.69) is 34.7 Å². The van der Waals surface area contributed by atoms with Crippen molar-refractivity contribution in [3.8, 4) is 11.8 Å². The van der Waals surface area contributed by atoms with Gasteiger partial charge in [0.2, 0.25) is 0 Å². The quantitative estimate of drug-likeness (QED) is 0.635. The number of carbonyl (C=O) groups is 1. The molecule has 1 aromatic heterocycles. The Labute approximate surface area is 171 Å². The Bertz CT molecular complexity index is 1060.